The van der Waals surface area contributed by atoms with Gasteiger partial charge in [0.1, 0.15) is 30.0 Å². The first-order valence-corrected chi connectivity index (χ1v) is 17.5. The van der Waals surface area contributed by atoms with Gasteiger partial charge in [-0.1, -0.05) is 68.5 Å². The zero-order chi connectivity index (χ0) is 43.8. The predicted molar refractivity (Wildman–Crippen MR) is 212 cm³/mol. The standard InChI is InChI=1S/C29H41NO7S.C5H10O2.2C2H4O2.CH2O/c1-9-12-14-21(4)18-34-20-29(15-16-30(8)22(5)31,38-25(11-3)13-10-2)37-27-17-26(27)28(36-24(7)33)19-35-23(6)32;1-5(2,3)7-4-6;2*1-2(3)4;1-2/h9-14,26-28H,1-4,15-20H2,5-8H3;4H,1-3H3;2*1H3,(H,3,4);1H2/b14-12-,25-13+;;;;. The lowest BCUT2D eigenvalue weighted by atomic mass is 10.2. The van der Waals surface area contributed by atoms with Crippen LogP contribution in [0.5, 0.6) is 0 Å². The van der Waals surface area contributed by atoms with E-state index in [2.05, 4.69) is 31.1 Å². The molecule has 2 N–H and O–H groups in total. The number of ether oxygens (including phenoxy) is 5. The minimum atomic E-state index is -0.920. The van der Waals surface area contributed by atoms with Crippen molar-refractivity contribution in [3.05, 3.63) is 73.3 Å². The van der Waals surface area contributed by atoms with Crippen LogP contribution in [0.2, 0.25) is 0 Å². The Bertz CT molecular complexity index is 1280. The molecule has 0 aliphatic heterocycles. The quantitative estimate of drug-likeness (QED) is 0.0497. The van der Waals surface area contributed by atoms with Crippen molar-refractivity contribution in [2.24, 2.45) is 5.92 Å². The molecule has 0 aromatic rings. The van der Waals surface area contributed by atoms with Gasteiger partial charge >= 0.3 is 11.9 Å². The molecule has 1 aliphatic carbocycles. The number of esters is 2. The van der Waals surface area contributed by atoms with Crippen LogP contribution in [0.4, 0.5) is 0 Å². The summed E-state index contributed by atoms with van der Waals surface area (Å²) in [5, 5.41) is 14.8. The lowest BCUT2D eigenvalue weighted by Crippen LogP contribution is -2.41. The zero-order valence-electron chi connectivity index (χ0n) is 33.7. The van der Waals surface area contributed by atoms with Crippen molar-refractivity contribution in [3.8, 4) is 0 Å². The molecule has 1 saturated carbocycles. The molecule has 15 nitrogen and oxygen atoms in total. The minimum Gasteiger partial charge on any atom is -0.481 e. The van der Waals surface area contributed by atoms with Crippen molar-refractivity contribution in [2.45, 2.75) is 91.0 Å². The van der Waals surface area contributed by atoms with Gasteiger partial charge in [-0.05, 0) is 38.8 Å². The molecule has 1 aliphatic rings. The van der Waals surface area contributed by atoms with Crippen LogP contribution in [-0.2, 0) is 57.2 Å². The summed E-state index contributed by atoms with van der Waals surface area (Å²) < 4.78 is 27.9. The maximum absolute atomic E-state index is 11.9. The lowest BCUT2D eigenvalue weighted by Gasteiger charge is -2.35. The Balaban J connectivity index is -0.000000637. The van der Waals surface area contributed by atoms with Gasteiger partial charge in [-0.15, -0.1) is 0 Å². The van der Waals surface area contributed by atoms with Gasteiger partial charge in [-0.3, -0.25) is 28.8 Å². The van der Waals surface area contributed by atoms with Gasteiger partial charge < -0.3 is 43.6 Å². The Morgan fingerprint density at radius 1 is 0.945 bits per heavy atom. The summed E-state index contributed by atoms with van der Waals surface area (Å²) >= 11 is 1.43. The van der Waals surface area contributed by atoms with Crippen LogP contribution in [0.25, 0.3) is 0 Å². The predicted octanol–water partition coefficient (Wildman–Crippen LogP) is 5.71. The fourth-order valence-corrected chi connectivity index (χ4v) is 4.81. The Morgan fingerprint density at radius 3 is 1.87 bits per heavy atom. The van der Waals surface area contributed by atoms with E-state index in [1.165, 1.54) is 32.5 Å². The SMILES string of the molecule is C=C/C=C\C(=C)COCC(CCN(C)C(C)=O)(OC1CC1C(COC(C)=O)OC(C)=O)S/C(C=C)=C/C=C.C=O.CC(=O)O.CC(=O)O.CC(C)(C)OC=O. The fraction of sp³-hybridized carbons (Fsp3) is 0.513. The van der Waals surface area contributed by atoms with E-state index in [1.54, 1.807) is 36.3 Å². The van der Waals surface area contributed by atoms with E-state index in [0.29, 0.717) is 25.9 Å². The van der Waals surface area contributed by atoms with Crippen LogP contribution in [0.3, 0.4) is 0 Å². The molecule has 16 heteroatoms. The monoisotopic (exact) mass is 799 g/mol. The number of carboxylic acids is 2. The summed E-state index contributed by atoms with van der Waals surface area (Å²) in [5.74, 6) is -2.82. The third-order valence-electron chi connectivity index (χ3n) is 6.02. The largest absolute Gasteiger partial charge is 0.481 e. The molecule has 4 atom stereocenters. The number of nitrogens with zero attached hydrogens (tertiary/aromatic N) is 1. The summed E-state index contributed by atoms with van der Waals surface area (Å²) in [6, 6.07) is 0. The van der Waals surface area contributed by atoms with Gasteiger partial charge in [0, 0.05) is 65.5 Å². The number of carbonyl (C=O) groups excluding carboxylic acids is 5. The van der Waals surface area contributed by atoms with Gasteiger partial charge in [-0.25, -0.2) is 0 Å². The molecule has 1 amide bonds. The van der Waals surface area contributed by atoms with Gasteiger partial charge in [0.15, 0.2) is 0 Å². The normalized spacial score (nSPS) is 15.5. The number of rotatable bonds is 20. The number of carbonyl (C=O) groups is 7. The molecular formula is C39H61NO14S. The average molecular weight is 800 g/mol. The van der Waals surface area contributed by atoms with E-state index in [1.807, 2.05) is 39.7 Å². The molecule has 0 saturated heterocycles. The molecule has 0 aromatic carbocycles. The molecule has 1 fully saturated rings. The Morgan fingerprint density at radius 2 is 1.49 bits per heavy atom. The van der Waals surface area contributed by atoms with Gasteiger partial charge in [-0.2, -0.15) is 0 Å². The highest BCUT2D eigenvalue weighted by molar-refractivity contribution is 8.04. The number of hydrogen-bond donors (Lipinski definition) is 2. The van der Waals surface area contributed by atoms with Crippen LogP contribution in [0.1, 0.15) is 68.2 Å². The second kappa shape index (κ2) is 32.6. The summed E-state index contributed by atoms with van der Waals surface area (Å²) in [6.45, 7) is 30.4. The van der Waals surface area contributed by atoms with E-state index in [0.717, 1.165) is 24.3 Å². The van der Waals surface area contributed by atoms with Crippen molar-refractivity contribution in [3.63, 3.8) is 0 Å². The van der Waals surface area contributed by atoms with E-state index in [-0.39, 0.29) is 43.4 Å². The van der Waals surface area contributed by atoms with Gasteiger partial charge in [0.25, 0.3) is 18.4 Å². The van der Waals surface area contributed by atoms with Crippen molar-refractivity contribution in [2.75, 3.05) is 33.4 Å². The summed E-state index contributed by atoms with van der Waals surface area (Å²) in [6.07, 6.45) is 10.6. The summed E-state index contributed by atoms with van der Waals surface area (Å²) in [4.78, 5) is 72.1. The van der Waals surface area contributed by atoms with E-state index in [4.69, 9.17) is 43.5 Å². The number of carboxylic acid groups (broad SMARTS) is 2. The van der Waals surface area contributed by atoms with Crippen molar-refractivity contribution >= 4 is 54.8 Å². The van der Waals surface area contributed by atoms with Crippen molar-refractivity contribution in [1.82, 2.24) is 4.90 Å². The number of aliphatic carboxylic acids is 2. The van der Waals surface area contributed by atoms with Crippen molar-refractivity contribution in [1.29, 1.82) is 0 Å². The van der Waals surface area contributed by atoms with Crippen LogP contribution in [0, 0.1) is 5.92 Å². The maximum Gasteiger partial charge on any atom is 0.303 e. The van der Waals surface area contributed by atoms with E-state index in [9.17, 15) is 19.2 Å². The van der Waals surface area contributed by atoms with Gasteiger partial charge in [0.2, 0.25) is 5.91 Å². The molecule has 55 heavy (non-hydrogen) atoms. The first-order valence-electron chi connectivity index (χ1n) is 16.7. The third kappa shape index (κ3) is 37.3. The molecule has 4 unspecified atom stereocenters. The Hall–Kier alpha value is -4.80. The smallest absolute Gasteiger partial charge is 0.303 e. The number of amides is 1. The Kier molecular flexibility index (Phi) is 33.8. The van der Waals surface area contributed by atoms with Crippen LogP contribution in [-0.4, -0.2) is 114 Å². The van der Waals surface area contributed by atoms with Crippen molar-refractivity contribution < 1.29 is 67.5 Å². The first kappa shape index (κ1) is 56.9. The second-order valence-electron chi connectivity index (χ2n) is 12.3. The minimum absolute atomic E-state index is 0.0487. The highest BCUT2D eigenvalue weighted by atomic mass is 32.2. The first-order chi connectivity index (χ1) is 25.5. The van der Waals surface area contributed by atoms with E-state index < -0.39 is 34.9 Å². The molecule has 0 aromatic heterocycles. The molecule has 0 heterocycles. The lowest BCUT2D eigenvalue weighted by molar-refractivity contribution is -0.158. The maximum atomic E-state index is 11.9. The van der Waals surface area contributed by atoms with Crippen LogP contribution in [0.15, 0.2) is 73.3 Å². The van der Waals surface area contributed by atoms with Crippen LogP contribution < -0.4 is 0 Å². The second-order valence-corrected chi connectivity index (χ2v) is 13.7. The highest BCUT2D eigenvalue weighted by Crippen LogP contribution is 2.47. The number of hydrogen-bond acceptors (Lipinski definition) is 13. The average Bonchev–Trinajstić information content (AvgIpc) is 3.82. The molecule has 0 bridgehead atoms. The summed E-state index contributed by atoms with van der Waals surface area (Å²) in [5.41, 5.74) is 0.442. The molecule has 1 rings (SSSR count). The highest BCUT2D eigenvalue weighted by Gasteiger charge is 2.51. The topological polar surface area (TPSA) is 209 Å². The van der Waals surface area contributed by atoms with Gasteiger partial charge in [0.05, 0.1) is 19.3 Å². The van der Waals surface area contributed by atoms with Crippen LogP contribution >= 0.6 is 11.8 Å². The Labute approximate surface area is 330 Å². The fourth-order valence-electron chi connectivity index (χ4n) is 3.62. The third-order valence-corrected chi connectivity index (χ3v) is 7.35. The molecule has 0 spiro atoms. The molecule has 0 radical (unpaired) electrons. The summed E-state index contributed by atoms with van der Waals surface area (Å²) in [7, 11) is 1.73. The number of allylic oxidation sites excluding steroid dienone is 5. The number of thioether (sulfide) groups is 1. The molecule has 312 valence electrons. The zero-order valence-corrected chi connectivity index (χ0v) is 34.5. The van der Waals surface area contributed by atoms with E-state index >= 15 is 0 Å². The molecular weight excluding hydrogens is 738 g/mol.